The summed E-state index contributed by atoms with van der Waals surface area (Å²) in [5, 5.41) is 0. The van der Waals surface area contributed by atoms with E-state index in [1.165, 1.54) is 18.3 Å². The zero-order valence-corrected chi connectivity index (χ0v) is 6.83. The van der Waals surface area contributed by atoms with Crippen molar-refractivity contribution in [1.29, 1.82) is 0 Å². The van der Waals surface area contributed by atoms with Crippen LogP contribution in [0.5, 0.6) is 5.75 Å². The van der Waals surface area contributed by atoms with Crippen LogP contribution in [-0.2, 0) is 0 Å². The third kappa shape index (κ3) is 2.34. The van der Waals surface area contributed by atoms with Crippen molar-refractivity contribution >= 4 is 0 Å². The summed E-state index contributed by atoms with van der Waals surface area (Å²) in [5.74, 6) is 0.0393. The summed E-state index contributed by atoms with van der Waals surface area (Å²) in [6.07, 6.45) is 2.91. The maximum Gasteiger partial charge on any atom is 0.213 e. The van der Waals surface area contributed by atoms with Crippen LogP contribution >= 0.6 is 0 Å². The normalized spacial score (nSPS) is 12.2. The summed E-state index contributed by atoms with van der Waals surface area (Å²) in [5.41, 5.74) is 0. The van der Waals surface area contributed by atoms with E-state index in [9.17, 15) is 4.39 Å². The molecule has 0 aliphatic carbocycles. The predicted octanol–water partition coefficient (Wildman–Crippen LogP) is 2.17. The molecule has 0 spiro atoms. The second-order valence-corrected chi connectivity index (χ2v) is 2.38. The standard InChI is InChI=1S/C9H10FNO/c1-3-7(2)12-8-4-5-9(10)11-6-8/h3-7H,1H2,2H3. The number of halogens is 1. The summed E-state index contributed by atoms with van der Waals surface area (Å²) < 4.78 is 17.6. The highest BCUT2D eigenvalue weighted by molar-refractivity contribution is 5.16. The van der Waals surface area contributed by atoms with Crippen LogP contribution in [0.1, 0.15) is 6.92 Å². The molecule has 0 bridgehead atoms. The van der Waals surface area contributed by atoms with Gasteiger partial charge in [0, 0.05) is 0 Å². The molecule has 3 heteroatoms. The van der Waals surface area contributed by atoms with E-state index < -0.39 is 5.95 Å². The first-order valence-corrected chi connectivity index (χ1v) is 3.63. The van der Waals surface area contributed by atoms with Crippen molar-refractivity contribution in [3.63, 3.8) is 0 Å². The first-order chi connectivity index (χ1) is 5.72. The molecule has 0 saturated carbocycles. The summed E-state index contributed by atoms with van der Waals surface area (Å²) in [6, 6.07) is 2.79. The lowest BCUT2D eigenvalue weighted by atomic mass is 10.4. The Balaban J connectivity index is 2.64. The summed E-state index contributed by atoms with van der Waals surface area (Å²) in [4.78, 5) is 3.44. The molecule has 1 rings (SSSR count). The highest BCUT2D eigenvalue weighted by Crippen LogP contribution is 2.10. The van der Waals surface area contributed by atoms with Gasteiger partial charge < -0.3 is 4.74 Å². The first kappa shape index (κ1) is 8.71. The highest BCUT2D eigenvalue weighted by Gasteiger charge is 1.98. The largest absolute Gasteiger partial charge is 0.485 e. The van der Waals surface area contributed by atoms with Gasteiger partial charge in [0.15, 0.2) is 0 Å². The van der Waals surface area contributed by atoms with Crippen molar-refractivity contribution in [2.75, 3.05) is 0 Å². The monoisotopic (exact) mass is 167 g/mol. The lowest BCUT2D eigenvalue weighted by Gasteiger charge is -2.08. The van der Waals surface area contributed by atoms with Crippen LogP contribution in [0.2, 0.25) is 0 Å². The van der Waals surface area contributed by atoms with Crippen molar-refractivity contribution in [1.82, 2.24) is 4.98 Å². The molecule has 0 fully saturated rings. The maximum absolute atomic E-state index is 12.3. The predicted molar refractivity (Wildman–Crippen MR) is 44.5 cm³/mol. The van der Waals surface area contributed by atoms with E-state index in [0.717, 1.165) is 0 Å². The molecular weight excluding hydrogens is 157 g/mol. The first-order valence-electron chi connectivity index (χ1n) is 3.63. The Labute approximate surface area is 70.7 Å². The second-order valence-electron chi connectivity index (χ2n) is 2.38. The van der Waals surface area contributed by atoms with Gasteiger partial charge >= 0.3 is 0 Å². The van der Waals surface area contributed by atoms with Gasteiger partial charge in [0.05, 0.1) is 6.20 Å². The topological polar surface area (TPSA) is 22.1 Å². The van der Waals surface area contributed by atoms with E-state index in [1.807, 2.05) is 6.92 Å². The van der Waals surface area contributed by atoms with Gasteiger partial charge in [-0.3, -0.25) is 0 Å². The van der Waals surface area contributed by atoms with E-state index >= 15 is 0 Å². The molecule has 0 aliphatic rings. The van der Waals surface area contributed by atoms with Crippen molar-refractivity contribution in [3.8, 4) is 5.75 Å². The number of hydrogen-bond acceptors (Lipinski definition) is 2. The number of ether oxygens (including phenoxy) is 1. The lowest BCUT2D eigenvalue weighted by Crippen LogP contribution is -2.07. The van der Waals surface area contributed by atoms with Gasteiger partial charge in [-0.25, -0.2) is 4.98 Å². The van der Waals surface area contributed by atoms with Gasteiger partial charge in [-0.05, 0) is 19.1 Å². The Morgan fingerprint density at radius 2 is 2.42 bits per heavy atom. The fourth-order valence-corrected chi connectivity index (χ4v) is 0.695. The van der Waals surface area contributed by atoms with Gasteiger partial charge in [0.25, 0.3) is 0 Å². The molecule has 1 unspecified atom stereocenters. The fraction of sp³-hybridized carbons (Fsp3) is 0.222. The van der Waals surface area contributed by atoms with Crippen molar-refractivity contribution < 1.29 is 9.13 Å². The molecular formula is C9H10FNO. The maximum atomic E-state index is 12.3. The second kappa shape index (κ2) is 3.85. The molecule has 1 heterocycles. The van der Waals surface area contributed by atoms with Crippen LogP contribution in [-0.4, -0.2) is 11.1 Å². The number of aromatic nitrogens is 1. The molecule has 1 aromatic rings. The molecule has 1 aromatic heterocycles. The highest BCUT2D eigenvalue weighted by atomic mass is 19.1. The van der Waals surface area contributed by atoms with Crippen LogP contribution in [0.25, 0.3) is 0 Å². The van der Waals surface area contributed by atoms with E-state index in [-0.39, 0.29) is 6.10 Å². The third-order valence-corrected chi connectivity index (χ3v) is 1.35. The van der Waals surface area contributed by atoms with Gasteiger partial charge in [-0.2, -0.15) is 4.39 Å². The number of nitrogens with zero attached hydrogens (tertiary/aromatic N) is 1. The van der Waals surface area contributed by atoms with E-state index in [4.69, 9.17) is 4.74 Å². The molecule has 1 atom stereocenters. The van der Waals surface area contributed by atoms with Crippen molar-refractivity contribution in [3.05, 3.63) is 36.9 Å². The average Bonchev–Trinajstić information content (AvgIpc) is 2.09. The Morgan fingerprint density at radius 3 is 2.92 bits per heavy atom. The Bertz CT molecular complexity index is 258. The SMILES string of the molecule is C=CC(C)Oc1ccc(F)nc1. The van der Waals surface area contributed by atoms with E-state index in [1.54, 1.807) is 6.08 Å². The van der Waals surface area contributed by atoms with Gasteiger partial charge in [0.2, 0.25) is 5.95 Å². The van der Waals surface area contributed by atoms with Crippen LogP contribution in [0.3, 0.4) is 0 Å². The quantitative estimate of drug-likeness (QED) is 0.508. The minimum atomic E-state index is -0.506. The molecule has 0 N–H and O–H groups in total. The molecule has 64 valence electrons. The van der Waals surface area contributed by atoms with E-state index in [2.05, 4.69) is 11.6 Å². The van der Waals surface area contributed by atoms with Crippen LogP contribution in [0.4, 0.5) is 4.39 Å². The number of hydrogen-bond donors (Lipinski definition) is 0. The zero-order valence-electron chi connectivity index (χ0n) is 6.83. The minimum absolute atomic E-state index is 0.0859. The summed E-state index contributed by atoms with van der Waals surface area (Å²) in [6.45, 7) is 5.40. The molecule has 2 nitrogen and oxygen atoms in total. The zero-order chi connectivity index (χ0) is 8.97. The number of rotatable bonds is 3. The van der Waals surface area contributed by atoms with Crippen molar-refractivity contribution in [2.24, 2.45) is 0 Å². The average molecular weight is 167 g/mol. The number of pyridine rings is 1. The lowest BCUT2D eigenvalue weighted by molar-refractivity contribution is 0.268. The molecule has 12 heavy (non-hydrogen) atoms. The fourth-order valence-electron chi connectivity index (χ4n) is 0.695. The Kier molecular flexibility index (Phi) is 2.80. The van der Waals surface area contributed by atoms with Crippen LogP contribution in [0, 0.1) is 5.95 Å². The van der Waals surface area contributed by atoms with Gasteiger partial charge in [-0.15, -0.1) is 0 Å². The molecule has 0 radical (unpaired) electrons. The summed E-state index contributed by atoms with van der Waals surface area (Å²) >= 11 is 0. The van der Waals surface area contributed by atoms with Crippen LogP contribution < -0.4 is 4.74 Å². The smallest absolute Gasteiger partial charge is 0.213 e. The molecule has 0 aliphatic heterocycles. The van der Waals surface area contributed by atoms with E-state index in [0.29, 0.717) is 5.75 Å². The van der Waals surface area contributed by atoms with Gasteiger partial charge in [-0.1, -0.05) is 12.7 Å². The van der Waals surface area contributed by atoms with Crippen LogP contribution in [0.15, 0.2) is 31.0 Å². The molecule has 0 saturated heterocycles. The Morgan fingerprint density at radius 1 is 1.67 bits per heavy atom. The minimum Gasteiger partial charge on any atom is -0.485 e. The third-order valence-electron chi connectivity index (χ3n) is 1.35. The van der Waals surface area contributed by atoms with Crippen molar-refractivity contribution in [2.45, 2.75) is 13.0 Å². The van der Waals surface area contributed by atoms with Gasteiger partial charge in [0.1, 0.15) is 11.9 Å². The Hall–Kier alpha value is -1.38. The molecule has 0 amide bonds. The molecule has 0 aromatic carbocycles. The summed E-state index contributed by atoms with van der Waals surface area (Å²) in [7, 11) is 0.